The first-order valence-electron chi connectivity index (χ1n) is 13.7. The molecule has 1 saturated heterocycles. The Bertz CT molecular complexity index is 1620. The van der Waals surface area contributed by atoms with Crippen molar-refractivity contribution in [2.24, 2.45) is 0 Å². The topological polar surface area (TPSA) is 98.2 Å². The summed E-state index contributed by atoms with van der Waals surface area (Å²) in [6.07, 6.45) is 3.28. The number of amides is 1. The average molecular weight is 565 g/mol. The molecule has 0 radical (unpaired) electrons. The number of carbonyl (C=O) groups excluding carboxylic acids is 2. The maximum absolute atomic E-state index is 13.5. The number of methoxy groups -OCH3 is 1. The molecule has 1 unspecified atom stereocenters. The largest absolute Gasteiger partial charge is 0.507 e. The maximum Gasteiger partial charge on any atom is 0.295 e. The zero-order chi connectivity index (χ0) is 29.6. The summed E-state index contributed by atoms with van der Waals surface area (Å²) in [5, 5.41) is 11.5. The van der Waals surface area contributed by atoms with Gasteiger partial charge in [-0.2, -0.15) is 0 Å². The molecule has 2 heterocycles. The predicted molar refractivity (Wildman–Crippen MR) is 158 cm³/mol. The van der Waals surface area contributed by atoms with E-state index >= 15 is 0 Å². The Labute approximate surface area is 244 Å². The molecular weight excluding hydrogens is 532 g/mol. The van der Waals surface area contributed by atoms with Gasteiger partial charge in [0.05, 0.1) is 25.3 Å². The van der Waals surface area contributed by atoms with E-state index in [0.717, 1.165) is 16.7 Å². The van der Waals surface area contributed by atoms with Crippen molar-refractivity contribution in [3.8, 4) is 17.2 Å². The molecule has 0 saturated carbocycles. The minimum atomic E-state index is -0.869. The van der Waals surface area contributed by atoms with Crippen LogP contribution < -0.4 is 14.2 Å². The standard InChI is InChI=1S/C34H32N2O6/c1-4-41-28-16-13-25(18-29(28)40-3)31-30(33(38)34(39)36(31)20-23-9-7-17-35-19-23)32(37)24-11-14-27(15-12-24)42-21-26-10-6-5-8-22(26)2/h5-19,31,37H,4,20-21H2,1-3H3/b32-30+. The van der Waals surface area contributed by atoms with Gasteiger partial charge in [0.1, 0.15) is 18.1 Å². The quantitative estimate of drug-likeness (QED) is 0.143. The van der Waals surface area contributed by atoms with Crippen molar-refractivity contribution in [1.82, 2.24) is 9.88 Å². The van der Waals surface area contributed by atoms with Crippen molar-refractivity contribution in [2.45, 2.75) is 33.0 Å². The van der Waals surface area contributed by atoms with Gasteiger partial charge in [-0.05, 0) is 78.6 Å². The number of benzene rings is 3. The number of pyridine rings is 1. The number of aliphatic hydroxyl groups excluding tert-OH is 1. The molecule has 3 aromatic carbocycles. The van der Waals surface area contributed by atoms with E-state index in [-0.39, 0.29) is 17.9 Å². The van der Waals surface area contributed by atoms with E-state index in [1.54, 1.807) is 60.9 Å². The summed E-state index contributed by atoms with van der Waals surface area (Å²) in [6.45, 7) is 4.87. The molecule has 8 nitrogen and oxygen atoms in total. The smallest absolute Gasteiger partial charge is 0.295 e. The highest BCUT2D eigenvalue weighted by Gasteiger charge is 2.46. The second-order valence-corrected chi connectivity index (χ2v) is 9.87. The van der Waals surface area contributed by atoms with Crippen molar-refractivity contribution in [3.63, 3.8) is 0 Å². The van der Waals surface area contributed by atoms with Gasteiger partial charge in [-0.1, -0.05) is 36.4 Å². The Kier molecular flexibility index (Phi) is 8.52. The van der Waals surface area contributed by atoms with E-state index in [2.05, 4.69) is 4.98 Å². The number of ether oxygens (including phenoxy) is 3. The van der Waals surface area contributed by atoms with Gasteiger partial charge >= 0.3 is 0 Å². The minimum Gasteiger partial charge on any atom is -0.507 e. The zero-order valence-electron chi connectivity index (χ0n) is 23.7. The number of hydrogen-bond donors (Lipinski definition) is 1. The first kappa shape index (κ1) is 28.4. The first-order chi connectivity index (χ1) is 20.4. The van der Waals surface area contributed by atoms with Crippen molar-refractivity contribution < 1.29 is 28.9 Å². The molecule has 1 N–H and O–H groups in total. The average Bonchev–Trinajstić information content (AvgIpc) is 3.26. The molecule has 4 aromatic rings. The van der Waals surface area contributed by atoms with Gasteiger partial charge in [0, 0.05) is 24.5 Å². The Morgan fingerprint density at radius 3 is 2.43 bits per heavy atom. The van der Waals surface area contributed by atoms with E-state index < -0.39 is 17.7 Å². The van der Waals surface area contributed by atoms with E-state index in [9.17, 15) is 14.7 Å². The summed E-state index contributed by atoms with van der Waals surface area (Å²) in [7, 11) is 1.52. The van der Waals surface area contributed by atoms with Gasteiger partial charge in [0.15, 0.2) is 11.5 Å². The Morgan fingerprint density at radius 1 is 0.952 bits per heavy atom. The fraction of sp³-hybridized carbons (Fsp3) is 0.206. The van der Waals surface area contributed by atoms with Crippen molar-refractivity contribution in [3.05, 3.63) is 125 Å². The molecule has 1 aromatic heterocycles. The van der Waals surface area contributed by atoms with Gasteiger partial charge in [0.25, 0.3) is 11.7 Å². The minimum absolute atomic E-state index is 0.0105. The lowest BCUT2D eigenvalue weighted by atomic mass is 9.94. The summed E-state index contributed by atoms with van der Waals surface area (Å²) in [6, 6.07) is 22.8. The molecule has 1 aliphatic rings. The van der Waals surface area contributed by atoms with Gasteiger partial charge < -0.3 is 24.2 Å². The third-order valence-corrected chi connectivity index (χ3v) is 7.20. The zero-order valence-corrected chi connectivity index (χ0v) is 23.7. The van der Waals surface area contributed by atoms with Gasteiger partial charge in [-0.3, -0.25) is 14.6 Å². The van der Waals surface area contributed by atoms with E-state index in [1.165, 1.54) is 12.0 Å². The van der Waals surface area contributed by atoms with E-state index in [1.807, 2.05) is 44.2 Å². The molecule has 8 heteroatoms. The van der Waals surface area contributed by atoms with E-state index in [0.29, 0.717) is 41.6 Å². The number of Topliss-reactive ketones (excluding diaryl/α,β-unsaturated/α-hetero) is 1. The number of aromatic nitrogens is 1. The lowest BCUT2D eigenvalue weighted by Gasteiger charge is -2.26. The number of ketones is 1. The number of nitrogens with zero attached hydrogens (tertiary/aromatic N) is 2. The van der Waals surface area contributed by atoms with Crippen molar-refractivity contribution in [2.75, 3.05) is 13.7 Å². The summed E-state index contributed by atoms with van der Waals surface area (Å²) < 4.78 is 17.2. The Hall–Kier alpha value is -5.11. The number of hydrogen-bond acceptors (Lipinski definition) is 7. The van der Waals surface area contributed by atoms with Gasteiger partial charge in [0.2, 0.25) is 0 Å². The predicted octanol–water partition coefficient (Wildman–Crippen LogP) is 6.00. The van der Waals surface area contributed by atoms with Crippen LogP contribution in [0.3, 0.4) is 0 Å². The number of rotatable bonds is 10. The summed E-state index contributed by atoms with van der Waals surface area (Å²) >= 11 is 0. The third kappa shape index (κ3) is 5.83. The summed E-state index contributed by atoms with van der Waals surface area (Å²) in [4.78, 5) is 32.5. The van der Waals surface area contributed by atoms with Crippen LogP contribution in [0.4, 0.5) is 0 Å². The normalized spacial score (nSPS) is 16.0. The number of carbonyl (C=O) groups is 2. The molecule has 214 valence electrons. The highest BCUT2D eigenvalue weighted by Crippen LogP contribution is 2.42. The van der Waals surface area contributed by atoms with Crippen LogP contribution in [-0.4, -0.2) is 40.4 Å². The third-order valence-electron chi connectivity index (χ3n) is 7.20. The fourth-order valence-electron chi connectivity index (χ4n) is 5.00. The van der Waals surface area contributed by atoms with Crippen molar-refractivity contribution in [1.29, 1.82) is 0 Å². The van der Waals surface area contributed by atoms with E-state index in [4.69, 9.17) is 14.2 Å². The molecule has 1 fully saturated rings. The molecule has 0 bridgehead atoms. The summed E-state index contributed by atoms with van der Waals surface area (Å²) in [5.74, 6) is -0.152. The Balaban J connectivity index is 1.52. The van der Waals surface area contributed by atoms with Crippen LogP contribution in [-0.2, 0) is 22.7 Å². The lowest BCUT2D eigenvalue weighted by Crippen LogP contribution is -2.29. The second kappa shape index (κ2) is 12.6. The van der Waals surface area contributed by atoms with Crippen molar-refractivity contribution >= 4 is 17.4 Å². The van der Waals surface area contributed by atoms with Crippen LogP contribution in [0.25, 0.3) is 5.76 Å². The maximum atomic E-state index is 13.5. The van der Waals surface area contributed by atoms with Gasteiger partial charge in [-0.25, -0.2) is 0 Å². The van der Waals surface area contributed by atoms with Gasteiger partial charge in [-0.15, -0.1) is 0 Å². The molecular formula is C34H32N2O6. The van der Waals surface area contributed by atoms with Crippen LogP contribution >= 0.6 is 0 Å². The lowest BCUT2D eigenvalue weighted by molar-refractivity contribution is -0.140. The number of likely N-dealkylation sites (tertiary alicyclic amines) is 1. The molecule has 42 heavy (non-hydrogen) atoms. The number of aliphatic hydroxyl groups is 1. The van der Waals surface area contributed by atoms with Crippen LogP contribution in [0.15, 0.2) is 96.8 Å². The summed E-state index contributed by atoms with van der Waals surface area (Å²) in [5.41, 5.74) is 3.93. The second-order valence-electron chi connectivity index (χ2n) is 9.87. The van der Waals surface area contributed by atoms with Crippen LogP contribution in [0.5, 0.6) is 17.2 Å². The first-order valence-corrected chi connectivity index (χ1v) is 13.7. The SMILES string of the molecule is CCOc1ccc(C2/C(=C(\O)c3ccc(OCc4ccccc4C)cc3)C(=O)C(=O)N2Cc2cccnc2)cc1OC. The molecule has 1 atom stereocenters. The van der Waals surface area contributed by atoms with Crippen LogP contribution in [0.2, 0.25) is 0 Å². The molecule has 1 aliphatic heterocycles. The molecule has 0 spiro atoms. The molecule has 5 rings (SSSR count). The Morgan fingerprint density at radius 2 is 1.74 bits per heavy atom. The highest BCUT2D eigenvalue weighted by atomic mass is 16.5. The molecule has 1 amide bonds. The van der Waals surface area contributed by atoms with Crippen LogP contribution in [0, 0.1) is 6.92 Å². The fourth-order valence-corrected chi connectivity index (χ4v) is 5.00. The highest BCUT2D eigenvalue weighted by molar-refractivity contribution is 6.46. The van der Waals surface area contributed by atoms with Crippen LogP contribution in [0.1, 0.15) is 40.8 Å². The number of aryl methyl sites for hydroxylation is 1. The monoisotopic (exact) mass is 564 g/mol. The molecule has 0 aliphatic carbocycles.